The van der Waals surface area contributed by atoms with Gasteiger partial charge < -0.3 is 5.32 Å². The van der Waals surface area contributed by atoms with Crippen LogP contribution in [0.1, 0.15) is 46.6 Å². The minimum Gasteiger partial charge on any atom is -0.352 e. The highest BCUT2D eigenvalue weighted by Crippen LogP contribution is 2.32. The molecule has 0 fully saturated rings. The van der Waals surface area contributed by atoms with Crippen LogP contribution in [0.5, 0.6) is 0 Å². The number of rotatable bonds is 8. The monoisotopic (exact) mass is 521 g/mol. The van der Waals surface area contributed by atoms with Crippen LogP contribution in [0.25, 0.3) is 11.4 Å². The quantitative estimate of drug-likeness (QED) is 0.332. The number of para-hydroxylation sites is 2. The van der Waals surface area contributed by atoms with Gasteiger partial charge in [-0.25, -0.2) is 9.36 Å². The van der Waals surface area contributed by atoms with Gasteiger partial charge in [0.1, 0.15) is 5.78 Å². The van der Waals surface area contributed by atoms with Crippen molar-refractivity contribution in [2.75, 3.05) is 6.54 Å². The number of carbonyl (C=O) groups is 2. The van der Waals surface area contributed by atoms with Crippen molar-refractivity contribution in [2.24, 2.45) is 5.92 Å². The van der Waals surface area contributed by atoms with Gasteiger partial charge in [-0.3, -0.25) is 9.59 Å². The second-order valence-electron chi connectivity index (χ2n) is 9.30. The number of fused-ring (bicyclic) bond motifs is 1. The van der Waals surface area contributed by atoms with E-state index < -0.39 is 23.3 Å². The molecule has 2 aromatic heterocycles. The molecule has 0 saturated carbocycles. The summed E-state index contributed by atoms with van der Waals surface area (Å²) in [5.74, 6) is -0.916. The van der Waals surface area contributed by atoms with Crippen molar-refractivity contribution in [1.29, 1.82) is 0 Å². The highest BCUT2D eigenvalue weighted by molar-refractivity contribution is 5.95. The van der Waals surface area contributed by atoms with Gasteiger partial charge in [-0.05, 0) is 55.5 Å². The molecule has 2 aromatic carbocycles. The number of carbonyl (C=O) groups excluding carboxylic acids is 2. The van der Waals surface area contributed by atoms with Crippen molar-refractivity contribution in [3.63, 3.8) is 0 Å². The lowest BCUT2D eigenvalue weighted by Gasteiger charge is -2.22. The third-order valence-electron chi connectivity index (χ3n) is 6.74. The van der Waals surface area contributed by atoms with Crippen LogP contribution in [0, 0.1) is 5.92 Å². The van der Waals surface area contributed by atoms with E-state index in [1.807, 2.05) is 41.2 Å². The number of alkyl halides is 3. The molecule has 7 nitrogen and oxygen atoms in total. The number of ketones is 1. The van der Waals surface area contributed by atoms with Crippen LogP contribution < -0.4 is 5.32 Å². The fourth-order valence-electron chi connectivity index (χ4n) is 4.82. The summed E-state index contributed by atoms with van der Waals surface area (Å²) in [6.07, 6.45) is 0.753. The van der Waals surface area contributed by atoms with E-state index in [1.54, 1.807) is 30.3 Å². The third kappa shape index (κ3) is 5.39. The molecule has 196 valence electrons. The second-order valence-corrected chi connectivity index (χ2v) is 9.30. The van der Waals surface area contributed by atoms with E-state index in [0.717, 1.165) is 34.2 Å². The van der Waals surface area contributed by atoms with Gasteiger partial charge in [0.05, 0.1) is 23.1 Å². The molecule has 1 atom stereocenters. The van der Waals surface area contributed by atoms with Gasteiger partial charge in [0, 0.05) is 30.8 Å². The number of Topliss-reactive ketones (excluding diaryl/α,β-unsaturated/α-hetero) is 1. The molecule has 2 heterocycles. The molecule has 1 aliphatic rings. The molecule has 0 spiro atoms. The Hall–Kier alpha value is -4.21. The van der Waals surface area contributed by atoms with Crippen LogP contribution in [-0.2, 0) is 23.8 Å². The van der Waals surface area contributed by atoms with Crippen molar-refractivity contribution in [2.45, 2.75) is 38.3 Å². The van der Waals surface area contributed by atoms with E-state index in [1.165, 1.54) is 0 Å². The van der Waals surface area contributed by atoms with Crippen molar-refractivity contribution in [1.82, 2.24) is 24.9 Å². The Bertz CT molecular complexity index is 1430. The summed E-state index contributed by atoms with van der Waals surface area (Å²) in [4.78, 5) is 25.4. The van der Waals surface area contributed by atoms with Gasteiger partial charge in [-0.1, -0.05) is 36.4 Å². The van der Waals surface area contributed by atoms with Crippen LogP contribution in [0.3, 0.4) is 0 Å². The van der Waals surface area contributed by atoms with Crippen LogP contribution in [0.2, 0.25) is 0 Å². The molecule has 1 unspecified atom stereocenters. The van der Waals surface area contributed by atoms with Crippen LogP contribution in [-0.4, -0.2) is 37.8 Å². The van der Waals surface area contributed by atoms with Crippen LogP contribution >= 0.6 is 0 Å². The molecule has 0 radical (unpaired) electrons. The van der Waals surface area contributed by atoms with Crippen molar-refractivity contribution >= 4 is 11.7 Å². The largest absolute Gasteiger partial charge is 0.435 e. The Kier molecular flexibility index (Phi) is 7.13. The molecule has 0 aliphatic heterocycles. The zero-order valence-electron chi connectivity index (χ0n) is 20.5. The fraction of sp³-hybridized carbons (Fsp3) is 0.286. The predicted molar refractivity (Wildman–Crippen MR) is 134 cm³/mol. The van der Waals surface area contributed by atoms with E-state index in [4.69, 9.17) is 0 Å². The molecule has 5 rings (SSSR count). The Balaban J connectivity index is 1.16. The Morgan fingerprint density at radius 2 is 1.68 bits per heavy atom. The number of amides is 1. The Labute approximate surface area is 217 Å². The lowest BCUT2D eigenvalue weighted by Crippen LogP contribution is -2.28. The second kappa shape index (κ2) is 10.6. The number of nitrogens with one attached hydrogen (secondary N) is 1. The average molecular weight is 522 g/mol. The minimum atomic E-state index is -4.78. The summed E-state index contributed by atoms with van der Waals surface area (Å²) >= 11 is 0. The predicted octanol–water partition coefficient (Wildman–Crippen LogP) is 4.96. The number of benzene rings is 2. The van der Waals surface area contributed by atoms with Crippen LogP contribution in [0.4, 0.5) is 13.2 Å². The molecule has 38 heavy (non-hydrogen) atoms. The first-order chi connectivity index (χ1) is 18.3. The molecule has 0 saturated heterocycles. The lowest BCUT2D eigenvalue weighted by atomic mass is 9.83. The number of halogens is 3. The van der Waals surface area contributed by atoms with E-state index in [9.17, 15) is 22.8 Å². The van der Waals surface area contributed by atoms with E-state index in [-0.39, 0.29) is 24.7 Å². The summed E-state index contributed by atoms with van der Waals surface area (Å²) in [6.45, 7) is 0.0856. The first-order valence-corrected chi connectivity index (χ1v) is 12.5. The lowest BCUT2D eigenvalue weighted by molar-refractivity contribution is -0.141. The normalized spacial score (nSPS) is 15.2. The molecule has 0 bridgehead atoms. The Morgan fingerprint density at radius 3 is 2.37 bits per heavy atom. The average Bonchev–Trinajstić information content (AvgIpc) is 3.57. The molecule has 1 N–H and O–H groups in total. The molecule has 4 aromatic rings. The number of hydrogen-bond acceptors (Lipinski definition) is 4. The maximum Gasteiger partial charge on any atom is 0.435 e. The zero-order chi connectivity index (χ0) is 26.7. The van der Waals surface area contributed by atoms with Crippen LogP contribution in [0.15, 0.2) is 73.1 Å². The summed E-state index contributed by atoms with van der Waals surface area (Å²) in [5.41, 5.74) is 1.77. The zero-order valence-corrected chi connectivity index (χ0v) is 20.5. The van der Waals surface area contributed by atoms with Gasteiger partial charge in [0.2, 0.25) is 0 Å². The Morgan fingerprint density at radius 1 is 1.00 bits per heavy atom. The van der Waals surface area contributed by atoms with Gasteiger partial charge >= 0.3 is 6.18 Å². The number of nitrogens with zero attached hydrogens (tertiary/aromatic N) is 4. The van der Waals surface area contributed by atoms with E-state index in [0.29, 0.717) is 24.9 Å². The van der Waals surface area contributed by atoms with E-state index in [2.05, 4.69) is 15.5 Å². The molecule has 1 amide bonds. The van der Waals surface area contributed by atoms with Gasteiger partial charge in [0.25, 0.3) is 5.91 Å². The molecular weight excluding hydrogens is 495 g/mol. The van der Waals surface area contributed by atoms with Gasteiger partial charge in [-0.2, -0.15) is 23.4 Å². The van der Waals surface area contributed by atoms with Crippen molar-refractivity contribution in [3.05, 3.63) is 95.6 Å². The standard InChI is InChI=1S/C28H26F3N5O2/c29-28(30,31)26-23(18-35(34-26)21-8-3-1-4-9-21)27(38)32-15-7-12-25(37)19-13-14-24-20(16-19)17-33-36(24)22-10-5-2-6-11-22/h1-6,8-11,17-19H,7,12-16H2,(H,32,38). The fourth-order valence-corrected chi connectivity index (χ4v) is 4.82. The summed E-state index contributed by atoms with van der Waals surface area (Å²) in [5, 5.41) is 10.6. The number of hydrogen-bond donors (Lipinski definition) is 1. The SMILES string of the molecule is O=C(NCCCC(=O)C1CCc2c(cnn2-c2ccccc2)C1)c1cn(-c2ccccc2)nc1C(F)(F)F. The summed E-state index contributed by atoms with van der Waals surface area (Å²) in [7, 11) is 0. The molecule has 10 heteroatoms. The third-order valence-corrected chi connectivity index (χ3v) is 6.74. The highest BCUT2D eigenvalue weighted by Gasteiger charge is 2.39. The minimum absolute atomic E-state index is 0.0856. The van der Waals surface area contributed by atoms with Crippen molar-refractivity contribution < 1.29 is 22.8 Å². The van der Waals surface area contributed by atoms with Gasteiger partial charge in [0.15, 0.2) is 5.69 Å². The number of aromatic nitrogens is 4. The smallest absolute Gasteiger partial charge is 0.352 e. The maximum atomic E-state index is 13.5. The van der Waals surface area contributed by atoms with E-state index >= 15 is 0 Å². The molecular formula is C28H26F3N5O2. The maximum absolute atomic E-state index is 13.5. The molecule has 1 aliphatic carbocycles. The first kappa shape index (κ1) is 25.4. The summed E-state index contributed by atoms with van der Waals surface area (Å²) < 4.78 is 43.6. The topological polar surface area (TPSA) is 81.8 Å². The highest BCUT2D eigenvalue weighted by atomic mass is 19.4. The van der Waals surface area contributed by atoms with Crippen molar-refractivity contribution in [3.8, 4) is 11.4 Å². The van der Waals surface area contributed by atoms with Gasteiger partial charge in [-0.15, -0.1) is 0 Å². The first-order valence-electron chi connectivity index (χ1n) is 12.5. The summed E-state index contributed by atoms with van der Waals surface area (Å²) in [6, 6.07) is 18.1.